The summed E-state index contributed by atoms with van der Waals surface area (Å²) in [5.41, 5.74) is 4.52. The van der Waals surface area contributed by atoms with Crippen molar-refractivity contribution in [1.82, 2.24) is 4.90 Å². The predicted octanol–water partition coefficient (Wildman–Crippen LogP) is 5.81. The zero-order chi connectivity index (χ0) is 21.5. The van der Waals surface area contributed by atoms with E-state index in [1.165, 1.54) is 5.57 Å². The van der Waals surface area contributed by atoms with Gasteiger partial charge in [0.25, 0.3) is 0 Å². The van der Waals surface area contributed by atoms with Gasteiger partial charge >= 0.3 is 0 Å². The van der Waals surface area contributed by atoms with Crippen LogP contribution in [0.15, 0.2) is 84.6 Å². The van der Waals surface area contributed by atoms with Gasteiger partial charge in [0.1, 0.15) is 11.9 Å². The lowest BCUT2D eigenvalue weighted by atomic mass is 10.0. The lowest BCUT2D eigenvalue weighted by molar-refractivity contribution is -0.132. The Balaban J connectivity index is 1.38. The molecule has 0 spiro atoms. The molecular formula is C27H30N2O2. The molecule has 2 aliphatic rings. The van der Waals surface area contributed by atoms with Crippen molar-refractivity contribution in [2.45, 2.75) is 38.7 Å². The van der Waals surface area contributed by atoms with E-state index in [4.69, 9.17) is 4.74 Å². The average molecular weight is 415 g/mol. The number of ether oxygens (including phenoxy) is 1. The van der Waals surface area contributed by atoms with E-state index in [0.29, 0.717) is 6.42 Å². The van der Waals surface area contributed by atoms with Crippen LogP contribution in [-0.2, 0) is 4.79 Å². The highest BCUT2D eigenvalue weighted by Crippen LogP contribution is 2.26. The number of carbonyl (C=O) groups excluding carboxylic acids is 1. The molecule has 1 saturated heterocycles. The van der Waals surface area contributed by atoms with Crippen molar-refractivity contribution in [1.29, 1.82) is 0 Å². The zero-order valence-corrected chi connectivity index (χ0v) is 18.1. The number of amides is 1. The van der Waals surface area contributed by atoms with E-state index in [-0.39, 0.29) is 12.0 Å². The van der Waals surface area contributed by atoms with Crippen LogP contribution >= 0.6 is 0 Å². The van der Waals surface area contributed by atoms with Crippen molar-refractivity contribution in [2.24, 2.45) is 0 Å². The first-order valence-electron chi connectivity index (χ1n) is 11.2. The second kappa shape index (κ2) is 10.2. The van der Waals surface area contributed by atoms with Crippen LogP contribution in [0, 0.1) is 0 Å². The molecule has 1 heterocycles. The van der Waals surface area contributed by atoms with Crippen LogP contribution in [0.3, 0.4) is 0 Å². The normalized spacial score (nSPS) is 16.9. The third kappa shape index (κ3) is 5.66. The summed E-state index contributed by atoms with van der Waals surface area (Å²) in [7, 11) is 0. The van der Waals surface area contributed by atoms with Crippen LogP contribution < -0.4 is 10.1 Å². The highest BCUT2D eigenvalue weighted by Gasteiger charge is 2.22. The molecule has 1 aliphatic heterocycles. The largest absolute Gasteiger partial charge is 0.490 e. The summed E-state index contributed by atoms with van der Waals surface area (Å²) in [6.45, 7) is 3.50. The maximum atomic E-state index is 11.8. The van der Waals surface area contributed by atoms with Crippen LogP contribution in [0.1, 0.15) is 38.2 Å². The average Bonchev–Trinajstić information content (AvgIpc) is 3.06. The standard InChI is InChI=1S/C27H30N2O2/c1-2-27(30)29-18-16-26(17-19-29)31-25-14-12-21(13-15-25)22-8-6-7-11-24(20-22)28-23-9-4-3-5-10-23/h3-6,8-15,20,26,28H,2,7,16-19H2,1H3. The number of nitrogens with zero attached hydrogens (tertiary/aromatic N) is 1. The van der Waals surface area contributed by atoms with Gasteiger partial charge < -0.3 is 15.0 Å². The van der Waals surface area contributed by atoms with Gasteiger partial charge in [-0.3, -0.25) is 4.79 Å². The second-order valence-electron chi connectivity index (χ2n) is 7.96. The Morgan fingerprint density at radius 2 is 1.81 bits per heavy atom. The van der Waals surface area contributed by atoms with Crippen LogP contribution in [0.5, 0.6) is 5.75 Å². The molecule has 160 valence electrons. The van der Waals surface area contributed by atoms with E-state index in [9.17, 15) is 4.79 Å². The molecular weight excluding hydrogens is 384 g/mol. The Labute approximate surface area is 184 Å². The van der Waals surface area contributed by atoms with E-state index in [1.54, 1.807) is 0 Å². The monoisotopic (exact) mass is 414 g/mol. The molecule has 4 rings (SSSR count). The third-order valence-electron chi connectivity index (χ3n) is 5.73. The second-order valence-corrected chi connectivity index (χ2v) is 7.96. The SMILES string of the molecule is CCC(=O)N1CCC(Oc2ccc(C3=CC(Nc4ccccc4)=CCC=C3)cc2)CC1. The number of nitrogens with one attached hydrogen (secondary N) is 1. The van der Waals surface area contributed by atoms with Crippen LogP contribution in [0.2, 0.25) is 0 Å². The number of anilines is 1. The number of hydrogen-bond donors (Lipinski definition) is 1. The minimum absolute atomic E-state index is 0.174. The molecule has 0 bridgehead atoms. The van der Waals surface area contributed by atoms with Gasteiger partial charge in [0.2, 0.25) is 5.91 Å². The van der Waals surface area contributed by atoms with Gasteiger partial charge in [0.15, 0.2) is 0 Å². The Kier molecular flexibility index (Phi) is 6.88. The quantitative estimate of drug-likeness (QED) is 0.649. The smallest absolute Gasteiger partial charge is 0.222 e. The summed E-state index contributed by atoms with van der Waals surface area (Å²) in [6.07, 6.45) is 12.2. The molecule has 4 heteroatoms. The van der Waals surface area contributed by atoms with E-state index in [1.807, 2.05) is 42.2 Å². The Morgan fingerprint density at radius 1 is 1.06 bits per heavy atom. The van der Waals surface area contributed by atoms with E-state index in [2.05, 4.69) is 53.9 Å². The van der Waals surface area contributed by atoms with Crippen LogP contribution in [-0.4, -0.2) is 30.0 Å². The topological polar surface area (TPSA) is 41.6 Å². The number of benzene rings is 2. The van der Waals surface area contributed by atoms with Crippen molar-refractivity contribution >= 4 is 17.2 Å². The van der Waals surface area contributed by atoms with Crippen molar-refractivity contribution in [2.75, 3.05) is 18.4 Å². The molecule has 2 aromatic rings. The number of hydrogen-bond acceptors (Lipinski definition) is 3. The summed E-state index contributed by atoms with van der Waals surface area (Å²) in [6, 6.07) is 18.6. The maximum Gasteiger partial charge on any atom is 0.222 e. The van der Waals surface area contributed by atoms with Gasteiger partial charge in [-0.25, -0.2) is 0 Å². The van der Waals surface area contributed by atoms with Crippen LogP contribution in [0.25, 0.3) is 5.57 Å². The van der Waals surface area contributed by atoms with E-state index >= 15 is 0 Å². The minimum Gasteiger partial charge on any atom is -0.490 e. The number of piperidine rings is 1. The lowest BCUT2D eigenvalue weighted by Crippen LogP contribution is -2.41. The summed E-state index contributed by atoms with van der Waals surface area (Å²) in [4.78, 5) is 13.8. The fraction of sp³-hybridized carbons (Fsp3) is 0.296. The molecule has 0 unspecified atom stereocenters. The Morgan fingerprint density at radius 3 is 2.52 bits per heavy atom. The van der Waals surface area contributed by atoms with Crippen LogP contribution in [0.4, 0.5) is 5.69 Å². The Bertz CT molecular complexity index is 966. The van der Waals surface area contributed by atoms with E-state index in [0.717, 1.165) is 55.0 Å². The molecule has 1 fully saturated rings. The first kappa shape index (κ1) is 21.0. The molecule has 31 heavy (non-hydrogen) atoms. The molecule has 1 aliphatic carbocycles. The number of carbonyl (C=O) groups is 1. The van der Waals surface area contributed by atoms with Gasteiger partial charge in [0, 0.05) is 43.7 Å². The summed E-state index contributed by atoms with van der Waals surface area (Å²) in [5.74, 6) is 1.13. The summed E-state index contributed by atoms with van der Waals surface area (Å²) in [5, 5.41) is 3.49. The maximum absolute atomic E-state index is 11.8. The van der Waals surface area contributed by atoms with Crippen molar-refractivity contribution < 1.29 is 9.53 Å². The van der Waals surface area contributed by atoms with Crippen molar-refractivity contribution in [3.63, 3.8) is 0 Å². The minimum atomic E-state index is 0.174. The van der Waals surface area contributed by atoms with E-state index < -0.39 is 0 Å². The lowest BCUT2D eigenvalue weighted by Gasteiger charge is -2.32. The van der Waals surface area contributed by atoms with Crippen molar-refractivity contribution in [3.05, 3.63) is 90.2 Å². The number of para-hydroxylation sites is 1. The van der Waals surface area contributed by atoms with Gasteiger partial charge in [-0.2, -0.15) is 0 Å². The molecule has 0 saturated carbocycles. The molecule has 1 N–H and O–H groups in total. The predicted molar refractivity (Wildman–Crippen MR) is 127 cm³/mol. The highest BCUT2D eigenvalue weighted by atomic mass is 16.5. The summed E-state index contributed by atoms with van der Waals surface area (Å²) >= 11 is 0. The number of rotatable bonds is 6. The fourth-order valence-electron chi connectivity index (χ4n) is 3.98. The molecule has 2 aromatic carbocycles. The zero-order valence-electron chi connectivity index (χ0n) is 18.1. The number of allylic oxidation sites excluding steroid dienone is 5. The first-order chi connectivity index (χ1) is 15.2. The highest BCUT2D eigenvalue weighted by molar-refractivity contribution is 5.78. The van der Waals surface area contributed by atoms with Gasteiger partial charge in [0.05, 0.1) is 0 Å². The molecule has 0 atom stereocenters. The van der Waals surface area contributed by atoms with Gasteiger partial charge in [-0.05, 0) is 47.9 Å². The fourth-order valence-corrected chi connectivity index (χ4v) is 3.98. The third-order valence-corrected chi connectivity index (χ3v) is 5.73. The first-order valence-corrected chi connectivity index (χ1v) is 11.2. The molecule has 0 radical (unpaired) electrons. The summed E-state index contributed by atoms with van der Waals surface area (Å²) < 4.78 is 6.18. The van der Waals surface area contributed by atoms with Crippen molar-refractivity contribution in [3.8, 4) is 5.75 Å². The molecule has 0 aromatic heterocycles. The Hall–Kier alpha value is -3.27. The van der Waals surface area contributed by atoms with Gasteiger partial charge in [-0.15, -0.1) is 0 Å². The molecule has 4 nitrogen and oxygen atoms in total. The van der Waals surface area contributed by atoms with Gasteiger partial charge in [-0.1, -0.05) is 55.5 Å². The number of likely N-dealkylation sites (tertiary alicyclic amines) is 1. The molecule has 1 amide bonds.